The summed E-state index contributed by atoms with van der Waals surface area (Å²) in [6.45, 7) is 1.39. The van der Waals surface area contributed by atoms with Crippen molar-refractivity contribution in [1.29, 1.82) is 10.5 Å². The van der Waals surface area contributed by atoms with Crippen molar-refractivity contribution in [2.75, 3.05) is 21.1 Å². The van der Waals surface area contributed by atoms with Crippen LogP contribution in [0.2, 0.25) is 0 Å². The monoisotopic (exact) mass is 294 g/mol. The van der Waals surface area contributed by atoms with Crippen LogP contribution < -0.4 is 5.84 Å². The summed E-state index contributed by atoms with van der Waals surface area (Å²) in [5.41, 5.74) is -1.55. The van der Waals surface area contributed by atoms with Crippen molar-refractivity contribution in [3.8, 4) is 12.1 Å². The second-order valence-corrected chi connectivity index (χ2v) is 5.06. The van der Waals surface area contributed by atoms with Gasteiger partial charge in [-0.15, -0.1) is 0 Å². The first-order chi connectivity index (χ1) is 9.69. The number of nitrogens with two attached hydrogens (primary N) is 1. The van der Waals surface area contributed by atoms with E-state index in [0.29, 0.717) is 12.8 Å². The molecule has 0 aromatic heterocycles. The van der Waals surface area contributed by atoms with Crippen molar-refractivity contribution in [1.82, 2.24) is 15.0 Å². The molecule has 0 saturated heterocycles. The summed E-state index contributed by atoms with van der Waals surface area (Å²) >= 11 is 0. The standard InChI is InChI=1S/C13H22N6O2/c1-13(9-14,10-15)19(17(2)3)12(21)8-6-5-7-11(20)18(4)16/h5-8,16H2,1-4H3. The van der Waals surface area contributed by atoms with Crippen LogP contribution in [0.15, 0.2) is 0 Å². The Balaban J connectivity index is 4.58. The van der Waals surface area contributed by atoms with E-state index in [4.69, 9.17) is 16.4 Å². The lowest BCUT2D eigenvalue weighted by Gasteiger charge is -2.35. The zero-order chi connectivity index (χ0) is 16.6. The van der Waals surface area contributed by atoms with Crippen molar-refractivity contribution in [3.05, 3.63) is 0 Å². The van der Waals surface area contributed by atoms with E-state index in [0.717, 1.165) is 10.0 Å². The van der Waals surface area contributed by atoms with Gasteiger partial charge in [-0.2, -0.15) is 10.5 Å². The van der Waals surface area contributed by atoms with Crippen molar-refractivity contribution in [3.63, 3.8) is 0 Å². The SMILES string of the molecule is CN(N)C(=O)CCCCC(=O)N(N(C)C)C(C)(C#N)C#N. The van der Waals surface area contributed by atoms with Gasteiger partial charge in [0.1, 0.15) is 12.1 Å². The Morgan fingerprint density at radius 1 is 1.05 bits per heavy atom. The molecule has 0 aromatic carbocycles. The minimum Gasteiger partial charge on any atom is -0.284 e. The van der Waals surface area contributed by atoms with Gasteiger partial charge in [0.25, 0.3) is 0 Å². The maximum atomic E-state index is 12.2. The largest absolute Gasteiger partial charge is 0.284 e. The van der Waals surface area contributed by atoms with Crippen LogP contribution in [0.3, 0.4) is 0 Å². The van der Waals surface area contributed by atoms with Gasteiger partial charge >= 0.3 is 0 Å². The van der Waals surface area contributed by atoms with E-state index in [1.54, 1.807) is 14.1 Å². The van der Waals surface area contributed by atoms with Gasteiger partial charge in [-0.05, 0) is 19.8 Å². The summed E-state index contributed by atoms with van der Waals surface area (Å²) in [6.07, 6.45) is 1.41. The van der Waals surface area contributed by atoms with Crippen LogP contribution in [0.5, 0.6) is 0 Å². The third kappa shape index (κ3) is 5.38. The highest BCUT2D eigenvalue weighted by atomic mass is 16.2. The van der Waals surface area contributed by atoms with Crippen LogP contribution in [-0.2, 0) is 9.59 Å². The Labute approximate surface area is 125 Å². The average Bonchev–Trinajstić information content (AvgIpc) is 2.42. The third-order valence-electron chi connectivity index (χ3n) is 2.92. The van der Waals surface area contributed by atoms with E-state index >= 15 is 0 Å². The second-order valence-electron chi connectivity index (χ2n) is 5.06. The van der Waals surface area contributed by atoms with Gasteiger partial charge in [0.15, 0.2) is 0 Å². The number of hydrogen-bond acceptors (Lipinski definition) is 6. The highest BCUT2D eigenvalue weighted by molar-refractivity contribution is 5.78. The van der Waals surface area contributed by atoms with Crippen LogP contribution in [0, 0.1) is 22.7 Å². The number of hydrazine groups is 2. The number of nitriles is 2. The number of amides is 2. The van der Waals surface area contributed by atoms with Gasteiger partial charge in [-0.1, -0.05) is 0 Å². The van der Waals surface area contributed by atoms with Gasteiger partial charge in [0.2, 0.25) is 17.4 Å². The van der Waals surface area contributed by atoms with Crippen LogP contribution >= 0.6 is 0 Å². The molecule has 0 aliphatic carbocycles. The lowest BCUT2D eigenvalue weighted by Crippen LogP contribution is -2.54. The molecule has 0 radical (unpaired) electrons. The molecule has 0 rings (SSSR count). The molecular weight excluding hydrogens is 272 g/mol. The number of nitrogens with zero attached hydrogens (tertiary/aromatic N) is 5. The molecule has 0 aromatic rings. The highest BCUT2D eigenvalue weighted by Gasteiger charge is 2.37. The van der Waals surface area contributed by atoms with Crippen molar-refractivity contribution in [2.24, 2.45) is 5.84 Å². The summed E-state index contributed by atoms with van der Waals surface area (Å²) < 4.78 is 0. The Kier molecular flexibility index (Phi) is 7.36. The molecule has 0 atom stereocenters. The van der Waals surface area contributed by atoms with Gasteiger partial charge < -0.3 is 0 Å². The van der Waals surface area contributed by atoms with Gasteiger partial charge in [-0.25, -0.2) is 15.9 Å². The molecule has 0 heterocycles. The van der Waals surface area contributed by atoms with E-state index in [-0.39, 0.29) is 24.7 Å². The molecule has 0 unspecified atom stereocenters. The Morgan fingerprint density at radius 3 is 1.81 bits per heavy atom. The highest BCUT2D eigenvalue weighted by Crippen LogP contribution is 2.17. The number of unbranched alkanes of at least 4 members (excludes halogenated alkanes) is 1. The molecule has 0 fully saturated rings. The lowest BCUT2D eigenvalue weighted by molar-refractivity contribution is -0.151. The first kappa shape index (κ1) is 18.8. The fourth-order valence-corrected chi connectivity index (χ4v) is 1.83. The van der Waals surface area contributed by atoms with Crippen LogP contribution in [0.4, 0.5) is 0 Å². The van der Waals surface area contributed by atoms with E-state index in [2.05, 4.69) is 0 Å². The van der Waals surface area contributed by atoms with E-state index < -0.39 is 5.54 Å². The van der Waals surface area contributed by atoms with Gasteiger partial charge in [0.05, 0.1) is 0 Å². The van der Waals surface area contributed by atoms with Gasteiger partial charge in [0, 0.05) is 34.0 Å². The number of carbonyl (C=O) groups is 2. The first-order valence-electron chi connectivity index (χ1n) is 6.53. The Hall–Kier alpha value is -2.16. The number of hydrogen-bond donors (Lipinski definition) is 1. The van der Waals surface area contributed by atoms with Crippen molar-refractivity contribution < 1.29 is 9.59 Å². The summed E-state index contributed by atoms with van der Waals surface area (Å²) in [5.74, 6) is 4.75. The van der Waals surface area contributed by atoms with Crippen LogP contribution in [0.1, 0.15) is 32.6 Å². The maximum Gasteiger partial charge on any atom is 0.239 e. The van der Waals surface area contributed by atoms with Crippen LogP contribution in [-0.4, -0.2) is 53.5 Å². The first-order valence-corrected chi connectivity index (χ1v) is 6.53. The normalized spacial score (nSPS) is 10.7. The number of carbonyl (C=O) groups excluding carboxylic acids is 2. The molecule has 2 N–H and O–H groups in total. The summed E-state index contributed by atoms with van der Waals surface area (Å²) in [5, 5.41) is 21.8. The second kappa shape index (κ2) is 8.20. The molecule has 21 heavy (non-hydrogen) atoms. The third-order valence-corrected chi connectivity index (χ3v) is 2.92. The molecule has 8 heteroatoms. The quantitative estimate of drug-likeness (QED) is 0.305. The van der Waals surface area contributed by atoms with Crippen molar-refractivity contribution in [2.45, 2.75) is 38.1 Å². The Bertz CT molecular complexity index is 446. The van der Waals surface area contributed by atoms with Crippen molar-refractivity contribution >= 4 is 11.8 Å². The molecular formula is C13H22N6O2. The maximum absolute atomic E-state index is 12.2. The summed E-state index contributed by atoms with van der Waals surface area (Å²) in [4.78, 5) is 23.5. The molecule has 116 valence electrons. The lowest BCUT2D eigenvalue weighted by atomic mass is 10.0. The minimum absolute atomic E-state index is 0.151. The molecule has 8 nitrogen and oxygen atoms in total. The molecule has 0 aliphatic heterocycles. The fraction of sp³-hybridized carbons (Fsp3) is 0.692. The molecule has 0 bridgehead atoms. The van der Waals surface area contributed by atoms with E-state index in [9.17, 15) is 9.59 Å². The molecule has 0 saturated carbocycles. The topological polar surface area (TPSA) is 117 Å². The van der Waals surface area contributed by atoms with E-state index in [1.165, 1.54) is 19.0 Å². The average molecular weight is 294 g/mol. The van der Waals surface area contributed by atoms with Gasteiger partial charge in [-0.3, -0.25) is 14.6 Å². The minimum atomic E-state index is -1.55. The smallest absolute Gasteiger partial charge is 0.239 e. The molecule has 0 aliphatic rings. The zero-order valence-corrected chi connectivity index (χ0v) is 13.0. The molecule has 0 spiro atoms. The number of rotatable bonds is 7. The predicted octanol–water partition coefficient (Wildman–Crippen LogP) is -0.0100. The fourth-order valence-electron chi connectivity index (χ4n) is 1.83. The predicted molar refractivity (Wildman–Crippen MR) is 75.6 cm³/mol. The molecule has 2 amide bonds. The summed E-state index contributed by atoms with van der Waals surface area (Å²) in [6, 6.07) is 3.68. The Morgan fingerprint density at radius 2 is 1.48 bits per heavy atom. The van der Waals surface area contributed by atoms with E-state index in [1.807, 2.05) is 12.1 Å². The zero-order valence-electron chi connectivity index (χ0n) is 13.0. The van der Waals surface area contributed by atoms with Crippen LogP contribution in [0.25, 0.3) is 0 Å². The summed E-state index contributed by atoms with van der Waals surface area (Å²) in [7, 11) is 4.65.